The van der Waals surface area contributed by atoms with E-state index in [0.29, 0.717) is 19.0 Å². The van der Waals surface area contributed by atoms with Crippen LogP contribution >= 0.6 is 0 Å². The molecule has 1 N–H and O–H groups in total. The summed E-state index contributed by atoms with van der Waals surface area (Å²) in [6.45, 7) is 1.98. The van der Waals surface area contributed by atoms with Crippen LogP contribution in [0, 0.1) is 0 Å². The van der Waals surface area contributed by atoms with Gasteiger partial charge in [0, 0.05) is 13.1 Å². The maximum absolute atomic E-state index is 11.0. The molecule has 2 heterocycles. The van der Waals surface area contributed by atoms with Gasteiger partial charge in [0.2, 0.25) is 5.89 Å². The van der Waals surface area contributed by atoms with E-state index in [4.69, 9.17) is 9.15 Å². The first kappa shape index (κ1) is 10.1. The number of hydrogen-bond acceptors (Lipinski definition) is 7. The first-order valence-electron chi connectivity index (χ1n) is 4.55. The number of hydrogen-bond donors (Lipinski definition) is 1. The normalized spacial score (nSPS) is 21.3. The van der Waals surface area contributed by atoms with Gasteiger partial charge in [0.1, 0.15) is 6.10 Å². The molecule has 1 aliphatic heterocycles. The van der Waals surface area contributed by atoms with Gasteiger partial charge in [-0.05, 0) is 0 Å². The standard InChI is InChI=1S/C8H11N3O4/c1-13-8(12)7-11-10-6(15-7)5-4-9-2-3-14-5/h5,9H,2-4H2,1H3. The molecule has 0 aliphatic carbocycles. The van der Waals surface area contributed by atoms with Crippen molar-refractivity contribution in [3.8, 4) is 0 Å². The van der Waals surface area contributed by atoms with E-state index in [1.165, 1.54) is 7.11 Å². The maximum Gasteiger partial charge on any atom is 0.396 e. The third kappa shape index (κ3) is 2.13. The lowest BCUT2D eigenvalue weighted by atomic mass is 10.3. The molecule has 15 heavy (non-hydrogen) atoms. The maximum atomic E-state index is 11.0. The molecule has 82 valence electrons. The number of aromatic nitrogens is 2. The van der Waals surface area contributed by atoms with Crippen molar-refractivity contribution in [1.29, 1.82) is 0 Å². The van der Waals surface area contributed by atoms with Crippen LogP contribution in [-0.2, 0) is 9.47 Å². The van der Waals surface area contributed by atoms with E-state index >= 15 is 0 Å². The van der Waals surface area contributed by atoms with Gasteiger partial charge >= 0.3 is 11.9 Å². The zero-order valence-corrected chi connectivity index (χ0v) is 8.23. The fraction of sp³-hybridized carbons (Fsp3) is 0.625. The van der Waals surface area contributed by atoms with Crippen molar-refractivity contribution in [2.75, 3.05) is 26.8 Å². The van der Waals surface area contributed by atoms with Crippen LogP contribution in [0.15, 0.2) is 4.42 Å². The number of carbonyl (C=O) groups excluding carboxylic acids is 1. The fourth-order valence-corrected chi connectivity index (χ4v) is 1.26. The van der Waals surface area contributed by atoms with E-state index in [1.54, 1.807) is 0 Å². The summed E-state index contributed by atoms with van der Waals surface area (Å²) in [6.07, 6.45) is -0.287. The van der Waals surface area contributed by atoms with Crippen molar-refractivity contribution in [2.45, 2.75) is 6.10 Å². The van der Waals surface area contributed by atoms with Gasteiger partial charge in [-0.1, -0.05) is 0 Å². The Hall–Kier alpha value is -1.47. The lowest BCUT2D eigenvalue weighted by Crippen LogP contribution is -2.33. The Morgan fingerprint density at radius 1 is 1.60 bits per heavy atom. The predicted octanol–water partition coefficient (Wildman–Crippen LogP) is -0.483. The minimum absolute atomic E-state index is 0.151. The highest BCUT2D eigenvalue weighted by atomic mass is 16.5. The minimum atomic E-state index is -0.641. The summed E-state index contributed by atoms with van der Waals surface area (Å²) in [5.41, 5.74) is 0. The Morgan fingerprint density at radius 3 is 3.13 bits per heavy atom. The Kier molecular flexibility index (Phi) is 2.93. The van der Waals surface area contributed by atoms with Gasteiger partial charge in [-0.15, -0.1) is 10.2 Å². The average molecular weight is 213 g/mol. The van der Waals surface area contributed by atoms with Crippen molar-refractivity contribution >= 4 is 5.97 Å². The van der Waals surface area contributed by atoms with Crippen molar-refractivity contribution in [1.82, 2.24) is 15.5 Å². The number of nitrogens with one attached hydrogen (secondary N) is 1. The molecule has 1 atom stereocenters. The number of nitrogens with zero attached hydrogens (tertiary/aromatic N) is 2. The van der Waals surface area contributed by atoms with Gasteiger partial charge in [-0.3, -0.25) is 0 Å². The molecule has 1 unspecified atom stereocenters. The van der Waals surface area contributed by atoms with Gasteiger partial charge in [0.05, 0.1) is 13.7 Å². The van der Waals surface area contributed by atoms with Crippen molar-refractivity contribution in [3.63, 3.8) is 0 Å². The summed E-state index contributed by atoms with van der Waals surface area (Å²) in [5.74, 6) is -0.498. The second-order valence-electron chi connectivity index (χ2n) is 3.00. The number of methoxy groups -OCH3 is 1. The molecule has 2 rings (SSSR count). The molecule has 0 saturated carbocycles. The monoisotopic (exact) mass is 213 g/mol. The zero-order chi connectivity index (χ0) is 10.7. The highest BCUT2D eigenvalue weighted by Crippen LogP contribution is 2.17. The Balaban J connectivity index is 2.08. The zero-order valence-electron chi connectivity index (χ0n) is 8.23. The molecule has 1 aliphatic rings. The van der Waals surface area contributed by atoms with Gasteiger partial charge in [0.25, 0.3) is 0 Å². The summed E-state index contributed by atoms with van der Waals surface area (Å²) in [4.78, 5) is 11.0. The third-order valence-corrected chi connectivity index (χ3v) is 2.00. The van der Waals surface area contributed by atoms with Gasteiger partial charge < -0.3 is 19.2 Å². The Bertz CT molecular complexity index is 345. The molecule has 1 fully saturated rings. The van der Waals surface area contributed by atoms with Gasteiger partial charge in [-0.25, -0.2) is 4.79 Å². The lowest BCUT2D eigenvalue weighted by Gasteiger charge is -2.20. The predicted molar refractivity (Wildman–Crippen MR) is 47.2 cm³/mol. The molecule has 0 spiro atoms. The summed E-state index contributed by atoms with van der Waals surface area (Å²) in [6, 6.07) is 0. The van der Waals surface area contributed by atoms with Crippen molar-refractivity contribution < 1.29 is 18.7 Å². The molecule has 1 saturated heterocycles. The molecule has 0 amide bonds. The first-order chi connectivity index (χ1) is 7.31. The number of rotatable bonds is 2. The van der Waals surface area contributed by atoms with Crippen LogP contribution < -0.4 is 5.32 Å². The van der Waals surface area contributed by atoms with E-state index < -0.39 is 5.97 Å². The average Bonchev–Trinajstić information content (AvgIpc) is 2.78. The second-order valence-corrected chi connectivity index (χ2v) is 3.00. The summed E-state index contributed by atoms with van der Waals surface area (Å²) in [5, 5.41) is 10.4. The summed E-state index contributed by atoms with van der Waals surface area (Å²) < 4.78 is 14.9. The number of carbonyl (C=O) groups is 1. The first-order valence-corrected chi connectivity index (χ1v) is 4.55. The summed E-state index contributed by atoms with van der Waals surface area (Å²) >= 11 is 0. The largest absolute Gasteiger partial charge is 0.462 e. The van der Waals surface area contributed by atoms with E-state index in [0.717, 1.165) is 6.54 Å². The molecule has 1 aromatic heterocycles. The van der Waals surface area contributed by atoms with E-state index in [2.05, 4.69) is 20.3 Å². The van der Waals surface area contributed by atoms with E-state index in [-0.39, 0.29) is 12.0 Å². The molecule has 0 bridgehead atoms. The SMILES string of the molecule is COC(=O)c1nnc(C2CNCCO2)o1. The van der Waals surface area contributed by atoms with Crippen LogP contribution in [0.25, 0.3) is 0 Å². The van der Waals surface area contributed by atoms with Gasteiger partial charge in [-0.2, -0.15) is 0 Å². The minimum Gasteiger partial charge on any atom is -0.462 e. The number of morpholine rings is 1. The van der Waals surface area contributed by atoms with Crippen molar-refractivity contribution in [3.05, 3.63) is 11.8 Å². The molecule has 0 aromatic carbocycles. The number of ether oxygens (including phenoxy) is 2. The third-order valence-electron chi connectivity index (χ3n) is 2.00. The highest BCUT2D eigenvalue weighted by molar-refractivity contribution is 5.83. The lowest BCUT2D eigenvalue weighted by molar-refractivity contribution is 0.00954. The quantitative estimate of drug-likeness (QED) is 0.663. The van der Waals surface area contributed by atoms with E-state index in [1.807, 2.05) is 0 Å². The molecular weight excluding hydrogens is 202 g/mol. The van der Waals surface area contributed by atoms with E-state index in [9.17, 15) is 4.79 Å². The Labute approximate surface area is 85.8 Å². The fourth-order valence-electron chi connectivity index (χ4n) is 1.26. The molecular formula is C8H11N3O4. The van der Waals surface area contributed by atoms with Crippen LogP contribution in [0.1, 0.15) is 22.7 Å². The summed E-state index contributed by atoms with van der Waals surface area (Å²) in [7, 11) is 1.25. The van der Waals surface area contributed by atoms with Gasteiger partial charge in [0.15, 0.2) is 0 Å². The van der Waals surface area contributed by atoms with Crippen LogP contribution in [0.4, 0.5) is 0 Å². The Morgan fingerprint density at radius 2 is 2.47 bits per heavy atom. The molecule has 7 heteroatoms. The molecule has 1 aromatic rings. The smallest absolute Gasteiger partial charge is 0.396 e. The number of esters is 1. The van der Waals surface area contributed by atoms with Crippen LogP contribution in [0.5, 0.6) is 0 Å². The molecule has 7 nitrogen and oxygen atoms in total. The topological polar surface area (TPSA) is 86.5 Å². The molecule has 0 radical (unpaired) electrons. The highest BCUT2D eigenvalue weighted by Gasteiger charge is 2.24. The second kappa shape index (κ2) is 4.37. The van der Waals surface area contributed by atoms with Crippen LogP contribution in [0.3, 0.4) is 0 Å². The van der Waals surface area contributed by atoms with Crippen molar-refractivity contribution in [2.24, 2.45) is 0 Å². The van der Waals surface area contributed by atoms with Crippen LogP contribution in [-0.4, -0.2) is 43.0 Å². The van der Waals surface area contributed by atoms with Crippen LogP contribution in [0.2, 0.25) is 0 Å².